The van der Waals surface area contributed by atoms with E-state index in [1.807, 2.05) is 25.3 Å². The third-order valence-corrected chi connectivity index (χ3v) is 5.03. The summed E-state index contributed by atoms with van der Waals surface area (Å²) in [6.45, 7) is 4.62. The molecular weight excluding hydrogens is 356 g/mol. The van der Waals surface area contributed by atoms with Crippen molar-refractivity contribution in [2.24, 2.45) is 0 Å². The van der Waals surface area contributed by atoms with E-state index in [-0.39, 0.29) is 11.8 Å². The maximum Gasteiger partial charge on any atom is 0.267 e. The Kier molecular flexibility index (Phi) is 4.88. The Balaban J connectivity index is 1.84. The number of methoxy groups -OCH3 is 1. The van der Waals surface area contributed by atoms with Crippen LogP contribution in [0.1, 0.15) is 21.5 Å². The number of aryl methyl sites for hydroxylation is 1. The SMILES string of the molecule is COc1ccc2c(c1)C(=O)N(c1ccc(C)cc1)C(=O)C2=CN1CCOCC1. The van der Waals surface area contributed by atoms with Gasteiger partial charge in [0, 0.05) is 24.9 Å². The summed E-state index contributed by atoms with van der Waals surface area (Å²) in [6.07, 6.45) is 1.85. The van der Waals surface area contributed by atoms with Crippen molar-refractivity contribution in [2.75, 3.05) is 38.3 Å². The third-order valence-electron chi connectivity index (χ3n) is 5.03. The molecule has 0 aromatic heterocycles. The van der Waals surface area contributed by atoms with Crippen LogP contribution in [0, 0.1) is 6.92 Å². The standard InChI is InChI=1S/C22H22N2O4/c1-15-3-5-16(6-4-15)24-21(25)19-13-17(27-2)7-8-18(19)20(22(24)26)14-23-9-11-28-12-10-23/h3-8,13-14H,9-12H2,1-2H3. The van der Waals surface area contributed by atoms with Crippen molar-refractivity contribution in [3.05, 3.63) is 65.4 Å². The van der Waals surface area contributed by atoms with Crippen LogP contribution in [0.2, 0.25) is 0 Å². The van der Waals surface area contributed by atoms with Crippen LogP contribution in [0.5, 0.6) is 5.75 Å². The fourth-order valence-electron chi connectivity index (χ4n) is 3.45. The summed E-state index contributed by atoms with van der Waals surface area (Å²) in [5, 5.41) is 0. The second kappa shape index (κ2) is 7.48. The molecule has 2 aromatic rings. The topological polar surface area (TPSA) is 59.1 Å². The van der Waals surface area contributed by atoms with Crippen LogP contribution in [-0.4, -0.2) is 50.1 Å². The fraction of sp³-hybridized carbons (Fsp3) is 0.273. The lowest BCUT2D eigenvalue weighted by Gasteiger charge is -2.31. The predicted octanol–water partition coefficient (Wildman–Crippen LogP) is 2.86. The van der Waals surface area contributed by atoms with E-state index in [4.69, 9.17) is 9.47 Å². The number of fused-ring (bicyclic) bond motifs is 1. The molecule has 28 heavy (non-hydrogen) atoms. The summed E-state index contributed by atoms with van der Waals surface area (Å²) in [5.41, 5.74) is 3.21. The Morgan fingerprint density at radius 1 is 0.964 bits per heavy atom. The molecule has 2 amide bonds. The zero-order chi connectivity index (χ0) is 19.7. The van der Waals surface area contributed by atoms with Crippen molar-refractivity contribution in [3.8, 4) is 5.75 Å². The van der Waals surface area contributed by atoms with Gasteiger partial charge in [0.15, 0.2) is 0 Å². The molecule has 0 unspecified atom stereocenters. The minimum Gasteiger partial charge on any atom is -0.497 e. The molecule has 0 bridgehead atoms. The predicted molar refractivity (Wildman–Crippen MR) is 106 cm³/mol. The molecule has 0 saturated carbocycles. The number of hydrogen-bond acceptors (Lipinski definition) is 5. The van der Waals surface area contributed by atoms with Gasteiger partial charge in [0.2, 0.25) is 0 Å². The van der Waals surface area contributed by atoms with E-state index in [2.05, 4.69) is 4.90 Å². The third kappa shape index (κ3) is 3.27. The maximum absolute atomic E-state index is 13.4. The van der Waals surface area contributed by atoms with E-state index in [1.165, 1.54) is 4.90 Å². The smallest absolute Gasteiger partial charge is 0.267 e. The van der Waals surface area contributed by atoms with Gasteiger partial charge in [0.05, 0.1) is 37.1 Å². The lowest BCUT2D eigenvalue weighted by Crippen LogP contribution is -2.43. The number of carbonyl (C=O) groups is 2. The summed E-state index contributed by atoms with van der Waals surface area (Å²) >= 11 is 0. The average Bonchev–Trinajstić information content (AvgIpc) is 2.73. The monoisotopic (exact) mass is 378 g/mol. The van der Waals surface area contributed by atoms with Crippen molar-refractivity contribution < 1.29 is 19.1 Å². The van der Waals surface area contributed by atoms with E-state index < -0.39 is 0 Å². The van der Waals surface area contributed by atoms with Crippen molar-refractivity contribution in [3.63, 3.8) is 0 Å². The minimum absolute atomic E-state index is 0.321. The second-order valence-corrected chi connectivity index (χ2v) is 6.88. The van der Waals surface area contributed by atoms with Crippen LogP contribution < -0.4 is 9.64 Å². The van der Waals surface area contributed by atoms with Gasteiger partial charge in [-0.1, -0.05) is 17.7 Å². The number of hydrogen-bond donors (Lipinski definition) is 0. The Hall–Kier alpha value is -3.12. The van der Waals surface area contributed by atoms with E-state index in [9.17, 15) is 9.59 Å². The van der Waals surface area contributed by atoms with Crippen molar-refractivity contribution in [2.45, 2.75) is 6.92 Å². The largest absolute Gasteiger partial charge is 0.497 e. The summed E-state index contributed by atoms with van der Waals surface area (Å²) in [4.78, 5) is 29.9. The number of benzene rings is 2. The Labute approximate surface area is 164 Å². The number of morpholine rings is 1. The van der Waals surface area contributed by atoms with Crippen molar-refractivity contribution in [1.82, 2.24) is 4.90 Å². The first-order valence-electron chi connectivity index (χ1n) is 9.26. The van der Waals surface area contributed by atoms with E-state index >= 15 is 0 Å². The highest BCUT2D eigenvalue weighted by Gasteiger charge is 2.36. The van der Waals surface area contributed by atoms with Crippen LogP contribution in [0.4, 0.5) is 5.69 Å². The normalized spacial score (nSPS) is 18.4. The number of nitrogens with zero attached hydrogens (tertiary/aromatic N) is 2. The summed E-state index contributed by atoms with van der Waals surface area (Å²) in [5.74, 6) is -0.0871. The first-order chi connectivity index (χ1) is 13.6. The zero-order valence-corrected chi connectivity index (χ0v) is 16.0. The molecule has 2 aliphatic rings. The number of amides is 2. The van der Waals surface area contributed by atoms with Crippen molar-refractivity contribution in [1.29, 1.82) is 0 Å². The molecule has 1 fully saturated rings. The lowest BCUT2D eigenvalue weighted by molar-refractivity contribution is -0.112. The van der Waals surface area contributed by atoms with Gasteiger partial charge in [0.1, 0.15) is 5.75 Å². The average molecular weight is 378 g/mol. The highest BCUT2D eigenvalue weighted by atomic mass is 16.5. The molecule has 4 rings (SSSR count). The molecule has 0 aliphatic carbocycles. The molecule has 6 heteroatoms. The Bertz CT molecular complexity index is 944. The van der Waals surface area contributed by atoms with Gasteiger partial charge in [-0.05, 0) is 37.3 Å². The summed E-state index contributed by atoms with van der Waals surface area (Å²) in [6, 6.07) is 12.6. The zero-order valence-electron chi connectivity index (χ0n) is 16.0. The molecule has 0 spiro atoms. The van der Waals surface area contributed by atoms with Gasteiger partial charge in [-0.2, -0.15) is 0 Å². The molecule has 6 nitrogen and oxygen atoms in total. The molecule has 0 atom stereocenters. The Morgan fingerprint density at radius 3 is 2.36 bits per heavy atom. The van der Waals surface area contributed by atoms with E-state index in [0.717, 1.165) is 5.56 Å². The minimum atomic E-state index is -0.345. The molecule has 0 radical (unpaired) electrons. The van der Waals surface area contributed by atoms with Crippen LogP contribution >= 0.6 is 0 Å². The van der Waals surface area contributed by atoms with Crippen LogP contribution in [0.15, 0.2) is 48.7 Å². The van der Waals surface area contributed by atoms with E-state index in [1.54, 1.807) is 37.4 Å². The van der Waals surface area contributed by atoms with Gasteiger partial charge in [-0.15, -0.1) is 0 Å². The molecule has 144 valence electrons. The maximum atomic E-state index is 13.4. The first-order valence-corrected chi connectivity index (χ1v) is 9.26. The van der Waals surface area contributed by atoms with Crippen LogP contribution in [0.3, 0.4) is 0 Å². The van der Waals surface area contributed by atoms with Gasteiger partial charge in [0.25, 0.3) is 11.8 Å². The Morgan fingerprint density at radius 2 is 1.68 bits per heavy atom. The molecule has 2 aromatic carbocycles. The molecule has 0 N–H and O–H groups in total. The van der Waals surface area contributed by atoms with E-state index in [0.29, 0.717) is 54.4 Å². The number of anilines is 1. The van der Waals surface area contributed by atoms with Gasteiger partial charge in [-0.25, -0.2) is 4.90 Å². The highest BCUT2D eigenvalue weighted by molar-refractivity contribution is 6.41. The van der Waals surface area contributed by atoms with Crippen molar-refractivity contribution >= 4 is 23.1 Å². The number of rotatable bonds is 3. The van der Waals surface area contributed by atoms with Gasteiger partial charge < -0.3 is 14.4 Å². The lowest BCUT2D eigenvalue weighted by atomic mass is 9.93. The van der Waals surface area contributed by atoms with Crippen LogP contribution in [-0.2, 0) is 9.53 Å². The summed E-state index contributed by atoms with van der Waals surface area (Å²) < 4.78 is 10.7. The van der Waals surface area contributed by atoms with Gasteiger partial charge >= 0.3 is 0 Å². The molecule has 2 aliphatic heterocycles. The first kappa shape index (κ1) is 18.3. The molecular formula is C22H22N2O4. The fourth-order valence-corrected chi connectivity index (χ4v) is 3.45. The summed E-state index contributed by atoms with van der Waals surface area (Å²) in [7, 11) is 1.56. The number of ether oxygens (including phenoxy) is 2. The molecule has 1 saturated heterocycles. The van der Waals surface area contributed by atoms with Gasteiger partial charge in [-0.3, -0.25) is 9.59 Å². The quantitative estimate of drug-likeness (QED) is 0.607. The number of carbonyl (C=O) groups excluding carboxylic acids is 2. The van der Waals surface area contributed by atoms with Crippen LogP contribution in [0.25, 0.3) is 5.57 Å². The second-order valence-electron chi connectivity index (χ2n) is 6.88. The molecule has 2 heterocycles. The number of imide groups is 1. The highest BCUT2D eigenvalue weighted by Crippen LogP contribution is 2.34.